The van der Waals surface area contributed by atoms with Crippen LogP contribution in [0, 0.1) is 5.41 Å². The van der Waals surface area contributed by atoms with Crippen molar-refractivity contribution in [2.24, 2.45) is 5.41 Å². The van der Waals surface area contributed by atoms with Crippen LogP contribution in [0.4, 0.5) is 0 Å². The van der Waals surface area contributed by atoms with Crippen LogP contribution < -0.4 is 0 Å². The Hall–Kier alpha value is -0.530. The summed E-state index contributed by atoms with van der Waals surface area (Å²) in [5, 5.41) is 0. The summed E-state index contributed by atoms with van der Waals surface area (Å²) in [6.45, 7) is 10.1. The van der Waals surface area contributed by atoms with Gasteiger partial charge in [0.2, 0.25) is 0 Å². The number of hydrogen-bond donors (Lipinski definition) is 0. The fourth-order valence-electron chi connectivity index (χ4n) is 1.46. The van der Waals surface area contributed by atoms with Crippen molar-refractivity contribution < 1.29 is 9.53 Å². The lowest BCUT2D eigenvalue weighted by molar-refractivity contribution is -0.149. The average Bonchev–Trinajstić information content (AvgIpc) is 1.81. The number of rotatable bonds is 5. The van der Waals surface area contributed by atoms with Crippen molar-refractivity contribution in [3.05, 3.63) is 0 Å². The highest BCUT2D eigenvalue weighted by molar-refractivity contribution is 5.70. The molecule has 0 amide bonds. The zero-order valence-corrected chi connectivity index (χ0v) is 9.52. The third-order valence-corrected chi connectivity index (χ3v) is 1.92. The van der Waals surface area contributed by atoms with Gasteiger partial charge >= 0.3 is 5.97 Å². The van der Waals surface area contributed by atoms with Gasteiger partial charge in [0.15, 0.2) is 0 Å². The summed E-state index contributed by atoms with van der Waals surface area (Å²) < 4.78 is 5.09. The number of carbonyl (C=O) groups is 1. The van der Waals surface area contributed by atoms with E-state index in [-0.39, 0.29) is 17.5 Å². The summed E-state index contributed by atoms with van der Waals surface area (Å²) in [6, 6.07) is 0. The molecule has 0 aromatic rings. The highest BCUT2D eigenvalue weighted by Crippen LogP contribution is 2.26. The van der Waals surface area contributed by atoms with Crippen LogP contribution in [0.3, 0.4) is 0 Å². The Morgan fingerprint density at radius 3 is 2.31 bits per heavy atom. The first kappa shape index (κ1) is 12.5. The molecule has 0 fully saturated rings. The Kier molecular flexibility index (Phi) is 5.04. The predicted octanol–water partition coefficient (Wildman–Crippen LogP) is 3.15. The molecular weight excluding hydrogens is 164 g/mol. The molecule has 78 valence electrons. The lowest BCUT2D eigenvalue weighted by atomic mass is 9.85. The van der Waals surface area contributed by atoms with Crippen molar-refractivity contribution in [1.29, 1.82) is 0 Å². The average molecular weight is 186 g/mol. The molecule has 0 bridgehead atoms. The molecule has 0 N–H and O–H groups in total. The normalized spacial score (nSPS) is 11.8. The zero-order chi connectivity index (χ0) is 10.5. The summed E-state index contributed by atoms with van der Waals surface area (Å²) in [4.78, 5) is 11.3. The summed E-state index contributed by atoms with van der Waals surface area (Å²) >= 11 is 0. The molecule has 0 aliphatic rings. The largest absolute Gasteiger partial charge is 0.463 e. The van der Waals surface area contributed by atoms with Gasteiger partial charge in [-0.05, 0) is 25.7 Å². The topological polar surface area (TPSA) is 26.3 Å². The first-order valence-electron chi connectivity index (χ1n) is 5.07. The highest BCUT2D eigenvalue weighted by Gasteiger charge is 2.22. The number of esters is 1. The van der Waals surface area contributed by atoms with Gasteiger partial charge in [-0.25, -0.2) is 0 Å². The van der Waals surface area contributed by atoms with Gasteiger partial charge in [-0.15, -0.1) is 0 Å². The van der Waals surface area contributed by atoms with Gasteiger partial charge in [-0.2, -0.15) is 0 Å². The second kappa shape index (κ2) is 5.25. The Morgan fingerprint density at radius 1 is 1.38 bits per heavy atom. The van der Waals surface area contributed by atoms with Crippen LogP contribution in [-0.4, -0.2) is 12.1 Å². The molecular formula is C11H22O2. The van der Waals surface area contributed by atoms with Crippen molar-refractivity contribution in [2.75, 3.05) is 0 Å². The van der Waals surface area contributed by atoms with Gasteiger partial charge in [0, 0.05) is 0 Å². The maximum atomic E-state index is 11.3. The van der Waals surface area contributed by atoms with Gasteiger partial charge in [-0.1, -0.05) is 27.2 Å². The Morgan fingerprint density at radius 2 is 1.92 bits per heavy atom. The SMILES string of the molecule is CCCC(C)(C)CC(=O)OC(C)C. The first-order chi connectivity index (χ1) is 5.87. The molecule has 0 saturated carbocycles. The maximum absolute atomic E-state index is 11.3. The third-order valence-electron chi connectivity index (χ3n) is 1.92. The molecule has 0 spiro atoms. The van der Waals surface area contributed by atoms with Gasteiger partial charge < -0.3 is 4.74 Å². The zero-order valence-electron chi connectivity index (χ0n) is 9.52. The van der Waals surface area contributed by atoms with Crippen LogP contribution in [0.15, 0.2) is 0 Å². The third kappa shape index (κ3) is 6.62. The fraction of sp³-hybridized carbons (Fsp3) is 0.909. The van der Waals surface area contributed by atoms with Crippen LogP contribution in [0.5, 0.6) is 0 Å². The first-order valence-corrected chi connectivity index (χ1v) is 5.07. The number of ether oxygens (including phenoxy) is 1. The van der Waals surface area contributed by atoms with Gasteiger partial charge in [-0.3, -0.25) is 4.79 Å². The second-order valence-corrected chi connectivity index (χ2v) is 4.63. The van der Waals surface area contributed by atoms with E-state index in [1.54, 1.807) is 0 Å². The smallest absolute Gasteiger partial charge is 0.306 e. The summed E-state index contributed by atoms with van der Waals surface area (Å²) in [5.74, 6) is -0.0755. The molecule has 0 aliphatic carbocycles. The minimum Gasteiger partial charge on any atom is -0.463 e. The van der Waals surface area contributed by atoms with E-state index in [9.17, 15) is 4.79 Å². The lowest BCUT2D eigenvalue weighted by Crippen LogP contribution is -2.20. The predicted molar refractivity (Wildman–Crippen MR) is 54.5 cm³/mol. The molecule has 0 aromatic heterocycles. The number of carbonyl (C=O) groups excluding carboxylic acids is 1. The minimum atomic E-state index is -0.0755. The van der Waals surface area contributed by atoms with Crippen molar-refractivity contribution in [3.63, 3.8) is 0 Å². The maximum Gasteiger partial charge on any atom is 0.306 e. The van der Waals surface area contributed by atoms with E-state index in [4.69, 9.17) is 4.74 Å². The van der Waals surface area contributed by atoms with E-state index in [0.717, 1.165) is 12.8 Å². The van der Waals surface area contributed by atoms with E-state index in [1.165, 1.54) is 0 Å². The highest BCUT2D eigenvalue weighted by atomic mass is 16.5. The molecule has 0 aliphatic heterocycles. The van der Waals surface area contributed by atoms with E-state index in [1.807, 2.05) is 13.8 Å². The fourth-order valence-corrected chi connectivity index (χ4v) is 1.46. The molecule has 0 atom stereocenters. The number of hydrogen-bond acceptors (Lipinski definition) is 2. The van der Waals surface area contributed by atoms with E-state index in [0.29, 0.717) is 6.42 Å². The van der Waals surface area contributed by atoms with Crippen LogP contribution in [-0.2, 0) is 9.53 Å². The Bertz CT molecular complexity index is 159. The van der Waals surface area contributed by atoms with Crippen LogP contribution in [0.1, 0.15) is 53.9 Å². The summed E-state index contributed by atoms with van der Waals surface area (Å²) in [7, 11) is 0. The molecule has 0 radical (unpaired) electrons. The monoisotopic (exact) mass is 186 g/mol. The van der Waals surface area contributed by atoms with Gasteiger partial charge in [0.25, 0.3) is 0 Å². The van der Waals surface area contributed by atoms with E-state index < -0.39 is 0 Å². The van der Waals surface area contributed by atoms with Crippen molar-refractivity contribution in [2.45, 2.75) is 60.0 Å². The molecule has 0 heterocycles. The van der Waals surface area contributed by atoms with E-state index >= 15 is 0 Å². The summed E-state index contributed by atoms with van der Waals surface area (Å²) in [6.07, 6.45) is 2.71. The lowest BCUT2D eigenvalue weighted by Gasteiger charge is -2.23. The Balaban J connectivity index is 3.89. The molecule has 0 unspecified atom stereocenters. The van der Waals surface area contributed by atoms with Crippen LogP contribution >= 0.6 is 0 Å². The molecule has 0 rings (SSSR count). The van der Waals surface area contributed by atoms with E-state index in [2.05, 4.69) is 20.8 Å². The van der Waals surface area contributed by atoms with Crippen LogP contribution in [0.2, 0.25) is 0 Å². The quantitative estimate of drug-likeness (QED) is 0.616. The molecule has 0 aromatic carbocycles. The molecule has 2 nitrogen and oxygen atoms in total. The van der Waals surface area contributed by atoms with Crippen molar-refractivity contribution >= 4 is 5.97 Å². The minimum absolute atomic E-state index is 0.00456. The molecule has 2 heteroatoms. The van der Waals surface area contributed by atoms with Crippen molar-refractivity contribution in [1.82, 2.24) is 0 Å². The molecule has 13 heavy (non-hydrogen) atoms. The van der Waals surface area contributed by atoms with Gasteiger partial charge in [0.1, 0.15) is 0 Å². The molecule has 0 saturated heterocycles. The summed E-state index contributed by atoms with van der Waals surface area (Å²) in [5.41, 5.74) is 0.0841. The second-order valence-electron chi connectivity index (χ2n) is 4.63. The van der Waals surface area contributed by atoms with Crippen LogP contribution in [0.25, 0.3) is 0 Å². The van der Waals surface area contributed by atoms with Crippen molar-refractivity contribution in [3.8, 4) is 0 Å². The Labute approximate surface area is 81.7 Å². The van der Waals surface area contributed by atoms with Gasteiger partial charge in [0.05, 0.1) is 12.5 Å². The standard InChI is InChI=1S/C11H22O2/c1-6-7-11(4,5)8-10(12)13-9(2)3/h9H,6-8H2,1-5H3.